The van der Waals surface area contributed by atoms with Gasteiger partial charge in [0.05, 0.1) is 11.3 Å². The molecule has 1 fully saturated rings. The highest BCUT2D eigenvalue weighted by molar-refractivity contribution is 5.94. The lowest BCUT2D eigenvalue weighted by Crippen LogP contribution is -2.34. The topological polar surface area (TPSA) is 70.2 Å². The summed E-state index contributed by atoms with van der Waals surface area (Å²) >= 11 is 0. The van der Waals surface area contributed by atoms with Crippen LogP contribution in [0.15, 0.2) is 18.2 Å². The smallest absolute Gasteiger partial charge is 0.362 e. The molecule has 1 amide bonds. The van der Waals surface area contributed by atoms with E-state index in [1.807, 2.05) is 19.0 Å². The zero-order chi connectivity index (χ0) is 25.2. The lowest BCUT2D eigenvalue weighted by atomic mass is 9.86. The summed E-state index contributed by atoms with van der Waals surface area (Å²) in [7, 11) is 3.99. The van der Waals surface area contributed by atoms with Gasteiger partial charge in [-0.15, -0.1) is 0 Å². The molecule has 1 saturated carbocycles. The molecular weight excluding hydrogens is 462 g/mol. The van der Waals surface area contributed by atoms with Crippen molar-refractivity contribution in [3.05, 3.63) is 46.4 Å². The second-order valence-electron chi connectivity index (χ2n) is 9.70. The van der Waals surface area contributed by atoms with Gasteiger partial charge in [0, 0.05) is 37.8 Å². The van der Waals surface area contributed by atoms with Gasteiger partial charge in [-0.3, -0.25) is 4.79 Å². The van der Waals surface area contributed by atoms with E-state index in [1.165, 1.54) is 5.56 Å². The highest BCUT2D eigenvalue weighted by atomic mass is 19.4. The number of rotatable bonds is 6. The molecule has 35 heavy (non-hydrogen) atoms. The molecule has 10 heteroatoms. The molecule has 2 aliphatic carbocycles. The minimum absolute atomic E-state index is 0.203. The number of nitrogens with one attached hydrogen (secondary N) is 2. The Bertz CT molecular complexity index is 1060. The summed E-state index contributed by atoms with van der Waals surface area (Å²) in [5, 5.41) is 6.15. The number of alkyl halides is 3. The summed E-state index contributed by atoms with van der Waals surface area (Å²) in [6.45, 7) is 0.337. The predicted octanol–water partition coefficient (Wildman–Crippen LogP) is 4.98. The van der Waals surface area contributed by atoms with E-state index in [1.54, 1.807) is 0 Å². The van der Waals surface area contributed by atoms with Crippen LogP contribution in [0.1, 0.15) is 65.7 Å². The number of halogens is 4. The van der Waals surface area contributed by atoms with Crippen molar-refractivity contribution in [1.29, 1.82) is 0 Å². The third-order valence-corrected chi connectivity index (χ3v) is 6.80. The van der Waals surface area contributed by atoms with Gasteiger partial charge in [0.1, 0.15) is 11.6 Å². The Morgan fingerprint density at radius 1 is 1.06 bits per heavy atom. The Morgan fingerprint density at radius 2 is 1.77 bits per heavy atom. The number of hydrogen-bond donors (Lipinski definition) is 2. The van der Waals surface area contributed by atoms with Crippen LogP contribution in [0.25, 0.3) is 0 Å². The van der Waals surface area contributed by atoms with Gasteiger partial charge < -0.3 is 15.5 Å². The number of carbonyl (C=O) groups excluding carboxylic acids is 1. The number of carbonyl (C=O) groups is 1. The fourth-order valence-electron chi connectivity index (χ4n) is 4.93. The van der Waals surface area contributed by atoms with Gasteiger partial charge in [-0.2, -0.15) is 18.2 Å². The van der Waals surface area contributed by atoms with E-state index >= 15 is 0 Å². The number of hydrogen-bond acceptors (Lipinski definition) is 5. The first-order valence-corrected chi connectivity index (χ1v) is 12.1. The number of aryl methyl sites for hydroxylation is 1. The van der Waals surface area contributed by atoms with Crippen molar-refractivity contribution in [1.82, 2.24) is 15.3 Å². The molecule has 0 bridgehead atoms. The molecule has 0 saturated heterocycles. The number of benzene rings is 1. The predicted molar refractivity (Wildman–Crippen MR) is 126 cm³/mol. The van der Waals surface area contributed by atoms with Gasteiger partial charge in [0.15, 0.2) is 0 Å². The average molecular weight is 494 g/mol. The fourth-order valence-corrected chi connectivity index (χ4v) is 4.93. The van der Waals surface area contributed by atoms with Gasteiger partial charge in [0.2, 0.25) is 5.95 Å². The van der Waals surface area contributed by atoms with Crippen LogP contribution in [-0.2, 0) is 19.0 Å². The van der Waals surface area contributed by atoms with Crippen LogP contribution in [0.3, 0.4) is 0 Å². The second kappa shape index (κ2) is 10.4. The van der Waals surface area contributed by atoms with E-state index in [-0.39, 0.29) is 17.5 Å². The maximum Gasteiger partial charge on any atom is 0.416 e. The maximum atomic E-state index is 13.6. The molecule has 6 nitrogen and oxygen atoms in total. The first-order valence-electron chi connectivity index (χ1n) is 12.1. The van der Waals surface area contributed by atoms with Gasteiger partial charge in [-0.05, 0) is 75.5 Å². The standard InChI is InChI=1S/C25H31F4N5O/c1-34(2)22-20-5-3-4-6-21(20)32-24(33-22)31-19-9-7-15(8-10-19)14-30-23(35)16-11-17(25(27,28)29)13-18(26)12-16/h11-13,15,19H,3-10,14H2,1-2H3,(H,30,35)(H,31,32,33)/t15-,19+. The highest BCUT2D eigenvalue weighted by Crippen LogP contribution is 2.32. The van der Waals surface area contributed by atoms with Crippen LogP contribution in [-0.4, -0.2) is 42.6 Å². The zero-order valence-electron chi connectivity index (χ0n) is 20.0. The van der Waals surface area contributed by atoms with Gasteiger partial charge in [-0.25, -0.2) is 9.37 Å². The summed E-state index contributed by atoms with van der Waals surface area (Å²) in [6, 6.07) is 2.11. The van der Waals surface area contributed by atoms with Crippen LogP contribution >= 0.6 is 0 Å². The summed E-state index contributed by atoms with van der Waals surface area (Å²) in [5.41, 5.74) is 0.872. The molecule has 2 aromatic rings. The highest BCUT2D eigenvalue weighted by Gasteiger charge is 2.32. The maximum absolute atomic E-state index is 13.6. The Hall–Kier alpha value is -2.91. The lowest BCUT2D eigenvalue weighted by molar-refractivity contribution is -0.137. The summed E-state index contributed by atoms with van der Waals surface area (Å²) in [6.07, 6.45) is 3.00. The molecule has 4 rings (SSSR count). The van der Waals surface area contributed by atoms with Crippen molar-refractivity contribution in [2.75, 3.05) is 30.9 Å². The number of nitrogens with zero attached hydrogens (tertiary/aromatic N) is 3. The zero-order valence-corrected chi connectivity index (χ0v) is 20.0. The first kappa shape index (κ1) is 25.2. The van der Waals surface area contributed by atoms with E-state index in [9.17, 15) is 22.4 Å². The monoisotopic (exact) mass is 493 g/mol. The SMILES string of the molecule is CN(C)c1nc(N[C@H]2CC[C@@H](CNC(=O)c3cc(F)cc(C(F)(F)F)c3)CC2)nc2c1CCCC2. The second-order valence-corrected chi connectivity index (χ2v) is 9.70. The number of aromatic nitrogens is 2. The third kappa shape index (κ3) is 6.21. The van der Waals surface area contributed by atoms with E-state index in [0.717, 1.165) is 68.9 Å². The normalized spacial score (nSPS) is 20.2. The summed E-state index contributed by atoms with van der Waals surface area (Å²) < 4.78 is 52.3. The molecular formula is C25H31F4N5O. The molecule has 190 valence electrons. The average Bonchev–Trinajstić information content (AvgIpc) is 2.82. The van der Waals surface area contributed by atoms with E-state index in [0.29, 0.717) is 24.6 Å². The van der Waals surface area contributed by atoms with Crippen LogP contribution in [0, 0.1) is 11.7 Å². The minimum atomic E-state index is -4.71. The Kier molecular flexibility index (Phi) is 7.47. The van der Waals surface area contributed by atoms with Crippen LogP contribution in [0.4, 0.5) is 29.3 Å². The van der Waals surface area contributed by atoms with Crippen molar-refractivity contribution >= 4 is 17.7 Å². The van der Waals surface area contributed by atoms with Crippen molar-refractivity contribution < 1.29 is 22.4 Å². The largest absolute Gasteiger partial charge is 0.416 e. The molecule has 2 N–H and O–H groups in total. The van der Waals surface area contributed by atoms with Crippen LogP contribution in [0.5, 0.6) is 0 Å². The molecule has 0 radical (unpaired) electrons. The quantitative estimate of drug-likeness (QED) is 0.556. The molecule has 1 aromatic heterocycles. The molecule has 0 aliphatic heterocycles. The number of anilines is 2. The Labute approximate surface area is 202 Å². The number of amides is 1. The molecule has 2 aliphatic rings. The van der Waals surface area contributed by atoms with Crippen LogP contribution in [0.2, 0.25) is 0 Å². The van der Waals surface area contributed by atoms with Crippen LogP contribution < -0.4 is 15.5 Å². The van der Waals surface area contributed by atoms with E-state index in [2.05, 4.69) is 10.6 Å². The molecule has 0 spiro atoms. The van der Waals surface area contributed by atoms with Gasteiger partial charge in [-0.1, -0.05) is 0 Å². The van der Waals surface area contributed by atoms with Gasteiger partial charge >= 0.3 is 6.18 Å². The van der Waals surface area contributed by atoms with E-state index in [4.69, 9.17) is 9.97 Å². The fraction of sp³-hybridized carbons (Fsp3) is 0.560. The lowest BCUT2D eigenvalue weighted by Gasteiger charge is -2.30. The molecule has 1 aromatic carbocycles. The Morgan fingerprint density at radius 3 is 2.46 bits per heavy atom. The number of fused-ring (bicyclic) bond motifs is 1. The van der Waals surface area contributed by atoms with Gasteiger partial charge in [0.25, 0.3) is 5.91 Å². The van der Waals surface area contributed by atoms with Crippen molar-refractivity contribution in [2.45, 2.75) is 63.6 Å². The first-order chi connectivity index (χ1) is 16.6. The van der Waals surface area contributed by atoms with E-state index < -0.39 is 23.5 Å². The third-order valence-electron chi connectivity index (χ3n) is 6.80. The Balaban J connectivity index is 1.30. The molecule has 0 unspecified atom stereocenters. The molecule has 0 atom stereocenters. The van der Waals surface area contributed by atoms with Crippen molar-refractivity contribution in [3.63, 3.8) is 0 Å². The summed E-state index contributed by atoms with van der Waals surface area (Å²) in [4.78, 5) is 23.9. The minimum Gasteiger partial charge on any atom is -0.362 e. The summed E-state index contributed by atoms with van der Waals surface area (Å²) in [5.74, 6) is 0.0408. The molecule has 1 heterocycles. The van der Waals surface area contributed by atoms with Crippen molar-refractivity contribution in [3.8, 4) is 0 Å². The van der Waals surface area contributed by atoms with Crippen molar-refractivity contribution in [2.24, 2.45) is 5.92 Å².